The number of cyclic esters (lactones) is 1. The highest BCUT2D eigenvalue weighted by molar-refractivity contribution is 5.91. The van der Waals surface area contributed by atoms with Crippen LogP contribution in [0.1, 0.15) is 99.8 Å². The molecule has 0 aromatic carbocycles. The lowest BCUT2D eigenvalue weighted by Crippen LogP contribution is -2.66. The largest absolute Gasteiger partial charge is 0.462 e. The molecular formula is C43H71NO14. The van der Waals surface area contributed by atoms with Crippen molar-refractivity contribution in [3.63, 3.8) is 0 Å². The van der Waals surface area contributed by atoms with Gasteiger partial charge in [0, 0.05) is 52.4 Å². The molecule has 3 heterocycles. The fraction of sp³-hybridized carbons (Fsp3) is 0.814. The molecule has 0 bridgehead atoms. The quantitative estimate of drug-likeness (QED) is 0.139. The van der Waals surface area contributed by atoms with E-state index >= 15 is 0 Å². The molecule has 0 spiro atoms. The van der Waals surface area contributed by atoms with Crippen molar-refractivity contribution in [2.24, 2.45) is 11.8 Å². The van der Waals surface area contributed by atoms with Gasteiger partial charge in [-0.1, -0.05) is 45.4 Å². The number of allylic oxidation sites excluding steroid dienone is 3. The number of aliphatic hydroxyl groups excluding tert-OH is 1. The highest BCUT2D eigenvalue weighted by Gasteiger charge is 2.53. The topological polar surface area (TPSA) is 175 Å². The zero-order valence-corrected chi connectivity index (χ0v) is 36.5. The van der Waals surface area contributed by atoms with Gasteiger partial charge in [0.25, 0.3) is 0 Å². The van der Waals surface area contributed by atoms with E-state index in [0.29, 0.717) is 19.4 Å². The molecule has 2 saturated heterocycles. The maximum Gasteiger partial charge on any atom is 0.309 e. The van der Waals surface area contributed by atoms with E-state index in [-0.39, 0.29) is 43.7 Å². The third-order valence-corrected chi connectivity index (χ3v) is 11.4. The zero-order valence-electron chi connectivity index (χ0n) is 36.5. The number of carbonyl (C=O) groups is 4. The van der Waals surface area contributed by atoms with Crippen LogP contribution in [0.15, 0.2) is 24.3 Å². The van der Waals surface area contributed by atoms with Crippen molar-refractivity contribution in [3.05, 3.63) is 24.3 Å². The van der Waals surface area contributed by atoms with Crippen molar-refractivity contribution < 1.29 is 66.9 Å². The second-order valence-electron chi connectivity index (χ2n) is 16.3. The number of esters is 2. The predicted octanol–water partition coefficient (Wildman–Crippen LogP) is 4.49. The predicted molar refractivity (Wildman–Crippen MR) is 214 cm³/mol. The van der Waals surface area contributed by atoms with E-state index in [9.17, 15) is 24.3 Å². The Bertz CT molecular complexity index is 1360. The number of hydrogen-bond acceptors (Lipinski definition) is 15. The maximum atomic E-state index is 13.3. The molecule has 0 saturated carbocycles. The number of rotatable bonds is 15. The van der Waals surface area contributed by atoms with E-state index in [2.05, 4.69) is 6.92 Å². The van der Waals surface area contributed by atoms with Crippen LogP contribution >= 0.6 is 0 Å². The Morgan fingerprint density at radius 3 is 2.36 bits per heavy atom. The first-order chi connectivity index (χ1) is 27.5. The molecule has 15 nitrogen and oxygen atoms in total. The first kappa shape index (κ1) is 49.8. The van der Waals surface area contributed by atoms with Crippen LogP contribution in [0.4, 0.5) is 0 Å². The van der Waals surface area contributed by atoms with Gasteiger partial charge in [0.15, 0.2) is 18.4 Å². The van der Waals surface area contributed by atoms with Gasteiger partial charge in [-0.3, -0.25) is 14.4 Å². The Labute approximate surface area is 345 Å². The number of aldehydes is 1. The number of methoxy groups -OCH3 is 2. The molecule has 332 valence electrons. The summed E-state index contributed by atoms with van der Waals surface area (Å²) in [7, 11) is 6.64. The van der Waals surface area contributed by atoms with E-state index in [0.717, 1.165) is 19.1 Å². The molecule has 0 aliphatic carbocycles. The molecule has 3 rings (SSSR count). The van der Waals surface area contributed by atoms with Crippen LogP contribution in [0.25, 0.3) is 0 Å². The Hall–Kier alpha value is -2.60. The van der Waals surface area contributed by atoms with E-state index in [1.165, 1.54) is 13.2 Å². The Morgan fingerprint density at radius 1 is 1.02 bits per heavy atom. The molecule has 2 fully saturated rings. The summed E-state index contributed by atoms with van der Waals surface area (Å²) in [5.74, 6) is -2.69. The summed E-state index contributed by atoms with van der Waals surface area (Å²) in [6.45, 7) is 13.5. The minimum Gasteiger partial charge on any atom is -0.462 e. The van der Waals surface area contributed by atoms with Gasteiger partial charge in [-0.2, -0.15) is 0 Å². The number of hydrogen-bond donors (Lipinski definition) is 1. The van der Waals surface area contributed by atoms with Gasteiger partial charge in [0.05, 0.1) is 36.4 Å². The van der Waals surface area contributed by atoms with E-state index in [1.54, 1.807) is 46.1 Å². The maximum absolute atomic E-state index is 13.3. The number of aliphatic hydroxyl groups is 1. The summed E-state index contributed by atoms with van der Waals surface area (Å²) in [6.07, 6.45) is 0.174. The van der Waals surface area contributed by atoms with Crippen LogP contribution in [0.3, 0.4) is 0 Å². The van der Waals surface area contributed by atoms with Gasteiger partial charge in [-0.15, -0.1) is 0 Å². The van der Waals surface area contributed by atoms with Crippen LogP contribution in [0, 0.1) is 11.8 Å². The van der Waals surface area contributed by atoms with Gasteiger partial charge in [0.1, 0.15) is 42.9 Å². The number of ketones is 1. The lowest BCUT2D eigenvalue weighted by Gasteiger charge is -2.51. The number of nitrogens with zero attached hydrogens (tertiary/aromatic N) is 1. The Balaban J connectivity index is 2.01. The molecule has 0 aromatic rings. The molecule has 15 atom stereocenters. The summed E-state index contributed by atoms with van der Waals surface area (Å²) < 4.78 is 55.9. The molecule has 0 amide bonds. The first-order valence-corrected chi connectivity index (χ1v) is 20.9. The minimum atomic E-state index is -1.33. The van der Waals surface area contributed by atoms with Crippen molar-refractivity contribution in [2.75, 3.05) is 34.9 Å². The molecular weight excluding hydrogens is 754 g/mol. The SMILES string of the molecule is CCCCO[C@H]1[C@H](C)O[C@@H](O[C@H]2[C@H](N(C)C)[C@@H](O)[C@H](O[C@H]3[C@@H](CC=O)C[C@@H](C)C(=O)/C=C/C=C/C[C@@H](C)OC(=O)C[C@@H](OC(=O)CC)[C@@H]3OC)O[C@@H]2C)C[C@@]1(C)OC. The summed E-state index contributed by atoms with van der Waals surface area (Å²) in [6, 6.07) is -0.694. The second-order valence-corrected chi connectivity index (χ2v) is 16.3. The number of ether oxygens (including phenoxy) is 9. The summed E-state index contributed by atoms with van der Waals surface area (Å²) in [4.78, 5) is 53.6. The monoisotopic (exact) mass is 825 g/mol. The van der Waals surface area contributed by atoms with Crippen molar-refractivity contribution in [1.29, 1.82) is 0 Å². The smallest absolute Gasteiger partial charge is 0.309 e. The Kier molecular flexibility index (Phi) is 20.6. The van der Waals surface area contributed by atoms with Gasteiger partial charge in [-0.05, 0) is 66.6 Å². The number of carbonyl (C=O) groups excluding carboxylic acids is 4. The molecule has 15 heteroatoms. The van der Waals surface area contributed by atoms with Gasteiger partial charge in [0.2, 0.25) is 0 Å². The van der Waals surface area contributed by atoms with Gasteiger partial charge in [-0.25, -0.2) is 0 Å². The van der Waals surface area contributed by atoms with Crippen LogP contribution in [-0.4, -0.2) is 148 Å². The molecule has 3 aliphatic heterocycles. The number of unbranched alkanes of at least 4 members (excludes halogenated alkanes) is 1. The van der Waals surface area contributed by atoms with E-state index in [4.69, 9.17) is 42.6 Å². The fourth-order valence-corrected chi connectivity index (χ4v) is 8.12. The van der Waals surface area contributed by atoms with Crippen molar-refractivity contribution in [3.8, 4) is 0 Å². The van der Waals surface area contributed by atoms with Crippen LogP contribution in [-0.2, 0) is 61.8 Å². The van der Waals surface area contributed by atoms with Crippen LogP contribution in [0.2, 0.25) is 0 Å². The first-order valence-electron chi connectivity index (χ1n) is 20.9. The molecule has 0 unspecified atom stereocenters. The fourth-order valence-electron chi connectivity index (χ4n) is 8.12. The van der Waals surface area contributed by atoms with Crippen LogP contribution < -0.4 is 0 Å². The van der Waals surface area contributed by atoms with Crippen LogP contribution in [0.5, 0.6) is 0 Å². The summed E-state index contributed by atoms with van der Waals surface area (Å²) >= 11 is 0. The Morgan fingerprint density at radius 2 is 1.74 bits per heavy atom. The molecule has 1 N–H and O–H groups in total. The highest BCUT2D eigenvalue weighted by atomic mass is 16.7. The van der Waals surface area contributed by atoms with Gasteiger partial charge < -0.3 is 57.4 Å². The number of likely N-dealkylation sites (N-methyl/N-ethyl adjacent to an activating group) is 1. The highest BCUT2D eigenvalue weighted by Crippen LogP contribution is 2.38. The molecule has 3 aliphatic rings. The van der Waals surface area contributed by atoms with E-state index < -0.39 is 90.7 Å². The van der Waals surface area contributed by atoms with E-state index in [1.807, 2.05) is 39.8 Å². The third-order valence-electron chi connectivity index (χ3n) is 11.4. The average Bonchev–Trinajstić information content (AvgIpc) is 3.16. The summed E-state index contributed by atoms with van der Waals surface area (Å²) in [5.41, 5.74) is -0.715. The lowest BCUT2D eigenvalue weighted by atomic mass is 9.83. The van der Waals surface area contributed by atoms with Crippen molar-refractivity contribution in [1.82, 2.24) is 4.90 Å². The van der Waals surface area contributed by atoms with Crippen molar-refractivity contribution >= 4 is 24.0 Å². The second kappa shape index (κ2) is 24.0. The standard InChI is InChI=1S/C43H71NO14/c1-12-14-22-52-41-29(6)54-35(25-43(41,7)51-11)57-38-28(5)55-42(37(49)36(38)44(8)9)58-39-30(20-21-45)23-26(3)31(46)19-17-15-16-18-27(4)53-34(48)24-32(40(39)50-10)56-33(47)13-2/h15-17,19,21,26-30,32,35-42,49H,12-14,18,20,22-25H2,1-11H3/b16-15+,19-17+/t26-,27-,28-,29+,30+,32-,35+,36-,37-,38-,39+,40+,41+,42+,43-/m1/s1. The average molecular weight is 826 g/mol. The molecule has 0 aromatic heterocycles. The summed E-state index contributed by atoms with van der Waals surface area (Å²) in [5, 5.41) is 12.1. The normalized spacial score (nSPS) is 39.5. The third kappa shape index (κ3) is 13.7. The van der Waals surface area contributed by atoms with Gasteiger partial charge >= 0.3 is 11.9 Å². The zero-order chi connectivity index (χ0) is 43.2. The lowest BCUT2D eigenvalue weighted by molar-refractivity contribution is -0.347. The molecule has 0 radical (unpaired) electrons. The molecule has 58 heavy (non-hydrogen) atoms. The van der Waals surface area contributed by atoms with Crippen molar-refractivity contribution in [2.45, 2.75) is 179 Å². The minimum absolute atomic E-state index is 0.0117.